The summed E-state index contributed by atoms with van der Waals surface area (Å²) in [6, 6.07) is 8.54. The van der Waals surface area contributed by atoms with Crippen LogP contribution in [0.25, 0.3) is 0 Å². The number of carbonyl (C=O) groups is 1. The van der Waals surface area contributed by atoms with Crippen LogP contribution in [0.4, 0.5) is 0 Å². The molecule has 0 saturated carbocycles. The number of amides is 1. The Labute approximate surface area is 142 Å². The van der Waals surface area contributed by atoms with E-state index >= 15 is 0 Å². The van der Waals surface area contributed by atoms with Gasteiger partial charge in [0.25, 0.3) is 0 Å². The van der Waals surface area contributed by atoms with Crippen LogP contribution in [-0.4, -0.2) is 33.8 Å². The normalized spacial score (nSPS) is 16.6. The predicted octanol–water partition coefficient (Wildman–Crippen LogP) is 2.27. The number of carbonyl (C=O) groups excluding carboxylic acids is 1. The van der Waals surface area contributed by atoms with Crippen LogP contribution in [0.15, 0.2) is 36.9 Å². The lowest BCUT2D eigenvalue weighted by atomic mass is 9.89. The fourth-order valence-electron chi connectivity index (χ4n) is 3.06. The van der Waals surface area contributed by atoms with Crippen molar-refractivity contribution in [2.24, 2.45) is 0 Å². The Morgan fingerprint density at radius 1 is 1.38 bits per heavy atom. The molecular formula is C18H24N4O2. The highest BCUT2D eigenvalue weighted by Gasteiger charge is 2.19. The summed E-state index contributed by atoms with van der Waals surface area (Å²) >= 11 is 0. The fourth-order valence-corrected chi connectivity index (χ4v) is 3.06. The van der Waals surface area contributed by atoms with E-state index in [1.54, 1.807) is 11.0 Å². The molecule has 2 aromatic rings. The third-order valence-electron chi connectivity index (χ3n) is 4.31. The molecule has 0 unspecified atom stereocenters. The van der Waals surface area contributed by atoms with E-state index in [1.165, 1.54) is 23.9 Å². The molecule has 1 aromatic heterocycles. The molecule has 1 amide bonds. The van der Waals surface area contributed by atoms with E-state index in [-0.39, 0.29) is 12.0 Å². The van der Waals surface area contributed by atoms with Crippen molar-refractivity contribution in [2.75, 3.05) is 13.2 Å². The van der Waals surface area contributed by atoms with Gasteiger partial charge in [0.1, 0.15) is 12.7 Å². The Kier molecular flexibility index (Phi) is 5.96. The standard InChI is InChI=1S/C18H24N4O2/c23-18(9-11-22-14-19-13-21-22)20-10-4-12-24-17-8-3-6-15-5-1-2-7-16(15)17/h1-2,5,7,13-14,17H,3-4,6,8-12H2,(H,20,23)/t17-/m0/s1. The Morgan fingerprint density at radius 3 is 3.17 bits per heavy atom. The highest BCUT2D eigenvalue weighted by Crippen LogP contribution is 2.32. The Hall–Kier alpha value is -2.21. The second-order valence-electron chi connectivity index (χ2n) is 6.06. The molecule has 0 bridgehead atoms. The molecule has 0 radical (unpaired) electrons. The zero-order chi connectivity index (χ0) is 16.6. The molecule has 128 valence electrons. The second-order valence-corrected chi connectivity index (χ2v) is 6.06. The Bertz CT molecular complexity index is 642. The number of hydrogen-bond acceptors (Lipinski definition) is 4. The zero-order valence-electron chi connectivity index (χ0n) is 13.9. The molecular weight excluding hydrogens is 304 g/mol. The number of fused-ring (bicyclic) bond motifs is 1. The Morgan fingerprint density at radius 2 is 2.29 bits per heavy atom. The summed E-state index contributed by atoms with van der Waals surface area (Å²) in [5.41, 5.74) is 2.75. The summed E-state index contributed by atoms with van der Waals surface area (Å²) in [6.07, 6.45) is 7.95. The number of hydrogen-bond donors (Lipinski definition) is 1. The lowest BCUT2D eigenvalue weighted by Gasteiger charge is -2.25. The van der Waals surface area contributed by atoms with Gasteiger partial charge in [-0.1, -0.05) is 24.3 Å². The molecule has 1 heterocycles. The minimum atomic E-state index is 0.0357. The van der Waals surface area contributed by atoms with E-state index in [4.69, 9.17) is 4.74 Å². The molecule has 1 N–H and O–H groups in total. The minimum Gasteiger partial charge on any atom is -0.373 e. The van der Waals surface area contributed by atoms with Gasteiger partial charge in [0.15, 0.2) is 0 Å². The molecule has 6 nitrogen and oxygen atoms in total. The summed E-state index contributed by atoms with van der Waals surface area (Å²) < 4.78 is 7.69. The van der Waals surface area contributed by atoms with E-state index in [1.807, 2.05) is 0 Å². The average molecular weight is 328 g/mol. The van der Waals surface area contributed by atoms with Gasteiger partial charge in [-0.3, -0.25) is 9.48 Å². The van der Waals surface area contributed by atoms with Gasteiger partial charge >= 0.3 is 0 Å². The van der Waals surface area contributed by atoms with Crippen molar-refractivity contribution in [1.29, 1.82) is 0 Å². The first-order valence-corrected chi connectivity index (χ1v) is 8.61. The fraction of sp³-hybridized carbons (Fsp3) is 0.500. The Balaban J connectivity index is 1.31. The monoisotopic (exact) mass is 328 g/mol. The predicted molar refractivity (Wildman–Crippen MR) is 90.3 cm³/mol. The van der Waals surface area contributed by atoms with Crippen molar-refractivity contribution in [1.82, 2.24) is 20.1 Å². The number of aromatic nitrogens is 3. The molecule has 1 aliphatic carbocycles. The van der Waals surface area contributed by atoms with E-state index in [0.717, 1.165) is 19.3 Å². The molecule has 0 fully saturated rings. The number of benzene rings is 1. The molecule has 0 saturated heterocycles. The van der Waals surface area contributed by atoms with Crippen LogP contribution >= 0.6 is 0 Å². The zero-order valence-corrected chi connectivity index (χ0v) is 13.9. The van der Waals surface area contributed by atoms with Gasteiger partial charge in [-0.2, -0.15) is 5.10 Å². The van der Waals surface area contributed by atoms with E-state index in [9.17, 15) is 4.79 Å². The highest BCUT2D eigenvalue weighted by atomic mass is 16.5. The van der Waals surface area contributed by atoms with Gasteiger partial charge in [-0.05, 0) is 36.8 Å². The van der Waals surface area contributed by atoms with Crippen molar-refractivity contribution in [3.05, 3.63) is 48.0 Å². The quantitative estimate of drug-likeness (QED) is 0.755. The molecule has 1 atom stereocenters. The van der Waals surface area contributed by atoms with Crippen LogP contribution < -0.4 is 5.32 Å². The van der Waals surface area contributed by atoms with Gasteiger partial charge < -0.3 is 10.1 Å². The molecule has 0 spiro atoms. The van der Waals surface area contributed by atoms with Gasteiger partial charge in [0.2, 0.25) is 5.91 Å². The number of aryl methyl sites for hydroxylation is 2. The van der Waals surface area contributed by atoms with Gasteiger partial charge in [0.05, 0.1) is 12.6 Å². The van der Waals surface area contributed by atoms with Gasteiger partial charge in [0, 0.05) is 19.6 Å². The van der Waals surface area contributed by atoms with Gasteiger partial charge in [-0.25, -0.2) is 4.98 Å². The lowest BCUT2D eigenvalue weighted by Crippen LogP contribution is -2.26. The maximum absolute atomic E-state index is 11.8. The third-order valence-corrected chi connectivity index (χ3v) is 4.31. The molecule has 1 aliphatic rings. The largest absolute Gasteiger partial charge is 0.373 e. The first-order chi connectivity index (χ1) is 11.8. The first-order valence-electron chi connectivity index (χ1n) is 8.61. The number of nitrogens with one attached hydrogen (secondary N) is 1. The molecule has 3 rings (SSSR count). The van der Waals surface area contributed by atoms with E-state index in [2.05, 4.69) is 39.7 Å². The average Bonchev–Trinajstić information content (AvgIpc) is 3.13. The minimum absolute atomic E-state index is 0.0357. The summed E-state index contributed by atoms with van der Waals surface area (Å²) in [6.45, 7) is 1.87. The third kappa shape index (κ3) is 4.64. The van der Waals surface area contributed by atoms with Crippen molar-refractivity contribution in [3.8, 4) is 0 Å². The number of nitrogens with zero attached hydrogens (tertiary/aromatic N) is 3. The summed E-state index contributed by atoms with van der Waals surface area (Å²) in [5, 5.41) is 6.90. The number of ether oxygens (including phenoxy) is 1. The molecule has 6 heteroatoms. The van der Waals surface area contributed by atoms with Crippen molar-refractivity contribution in [2.45, 2.75) is 44.8 Å². The van der Waals surface area contributed by atoms with Gasteiger partial charge in [-0.15, -0.1) is 0 Å². The SMILES string of the molecule is O=C(CCn1cncn1)NCCCO[C@H]1CCCc2ccccc21. The summed E-state index contributed by atoms with van der Waals surface area (Å²) in [7, 11) is 0. The molecule has 1 aromatic carbocycles. The molecule has 24 heavy (non-hydrogen) atoms. The van der Waals surface area contributed by atoms with Crippen molar-refractivity contribution >= 4 is 5.91 Å². The van der Waals surface area contributed by atoms with Crippen LogP contribution in [0.5, 0.6) is 0 Å². The van der Waals surface area contributed by atoms with E-state index in [0.29, 0.717) is 26.1 Å². The second kappa shape index (κ2) is 8.59. The summed E-state index contributed by atoms with van der Waals surface area (Å²) in [5.74, 6) is 0.0357. The van der Waals surface area contributed by atoms with Crippen molar-refractivity contribution in [3.63, 3.8) is 0 Å². The van der Waals surface area contributed by atoms with Crippen LogP contribution in [0.1, 0.15) is 42.9 Å². The first kappa shape index (κ1) is 16.6. The lowest BCUT2D eigenvalue weighted by molar-refractivity contribution is -0.121. The van der Waals surface area contributed by atoms with Crippen LogP contribution in [-0.2, 0) is 22.5 Å². The number of rotatable bonds is 8. The maximum atomic E-state index is 11.8. The van der Waals surface area contributed by atoms with Crippen LogP contribution in [0.3, 0.4) is 0 Å². The summed E-state index contributed by atoms with van der Waals surface area (Å²) in [4.78, 5) is 15.6. The maximum Gasteiger partial charge on any atom is 0.221 e. The highest BCUT2D eigenvalue weighted by molar-refractivity contribution is 5.75. The van der Waals surface area contributed by atoms with Crippen molar-refractivity contribution < 1.29 is 9.53 Å². The van der Waals surface area contributed by atoms with Crippen LogP contribution in [0, 0.1) is 0 Å². The topological polar surface area (TPSA) is 69.0 Å². The smallest absolute Gasteiger partial charge is 0.221 e. The molecule has 0 aliphatic heterocycles. The van der Waals surface area contributed by atoms with E-state index < -0.39 is 0 Å². The van der Waals surface area contributed by atoms with Crippen LogP contribution in [0.2, 0.25) is 0 Å².